The van der Waals surface area contributed by atoms with Crippen LogP contribution in [0.4, 0.5) is 0 Å². The van der Waals surface area contributed by atoms with Crippen LogP contribution in [0.1, 0.15) is 22.9 Å². The Morgan fingerprint density at radius 1 is 1.05 bits per heavy atom. The first-order valence-electron chi connectivity index (χ1n) is 6.95. The minimum Gasteiger partial charge on any atom is -0.357 e. The van der Waals surface area contributed by atoms with Crippen molar-refractivity contribution in [3.05, 3.63) is 65.4 Å². The number of H-pyrrole nitrogens is 1. The van der Waals surface area contributed by atoms with Crippen LogP contribution in [0.5, 0.6) is 0 Å². The van der Waals surface area contributed by atoms with Gasteiger partial charge in [-0.25, -0.2) is 0 Å². The van der Waals surface area contributed by atoms with Gasteiger partial charge in [-0.1, -0.05) is 30.3 Å². The predicted molar refractivity (Wildman–Crippen MR) is 85.5 cm³/mol. The Labute approximate surface area is 123 Å². The zero-order chi connectivity index (χ0) is 13.5. The predicted octanol–water partition coefficient (Wildman–Crippen LogP) is 3.69. The van der Waals surface area contributed by atoms with E-state index in [1.807, 2.05) is 6.07 Å². The first-order chi connectivity index (χ1) is 9.83. The van der Waals surface area contributed by atoms with Crippen molar-refractivity contribution in [3.63, 3.8) is 0 Å². The van der Waals surface area contributed by atoms with E-state index < -0.39 is 0 Å². The van der Waals surface area contributed by atoms with Gasteiger partial charge < -0.3 is 10.3 Å². The summed E-state index contributed by atoms with van der Waals surface area (Å²) in [6.45, 7) is 1.01. The summed E-state index contributed by atoms with van der Waals surface area (Å²) < 4.78 is 0. The maximum Gasteiger partial charge on any atom is 0.0732 e. The average molecular weight is 280 g/mol. The fourth-order valence-corrected chi connectivity index (χ4v) is 3.35. The second kappa shape index (κ2) is 4.69. The number of nitrogens with one attached hydrogen (secondary N) is 2. The van der Waals surface area contributed by atoms with Crippen LogP contribution in [-0.4, -0.2) is 11.5 Å². The van der Waals surface area contributed by atoms with Crippen molar-refractivity contribution in [1.82, 2.24) is 10.3 Å². The topological polar surface area (TPSA) is 27.8 Å². The molecule has 0 aliphatic carbocycles. The smallest absolute Gasteiger partial charge is 0.0732 e. The Morgan fingerprint density at radius 2 is 1.90 bits per heavy atom. The highest BCUT2D eigenvalue weighted by atomic mass is 32.1. The van der Waals surface area contributed by atoms with Crippen LogP contribution in [0, 0.1) is 0 Å². The molecule has 0 saturated carbocycles. The van der Waals surface area contributed by atoms with Crippen molar-refractivity contribution in [2.75, 3.05) is 6.54 Å². The van der Waals surface area contributed by atoms with Gasteiger partial charge in [-0.05, 0) is 35.7 Å². The lowest BCUT2D eigenvalue weighted by Crippen LogP contribution is -2.30. The van der Waals surface area contributed by atoms with Gasteiger partial charge >= 0.3 is 0 Å². The summed E-state index contributed by atoms with van der Waals surface area (Å²) in [7, 11) is 0. The zero-order valence-electron chi connectivity index (χ0n) is 11.1. The molecular weight excluding hydrogens is 264 g/mol. The molecule has 2 aromatic carbocycles. The van der Waals surface area contributed by atoms with Crippen LogP contribution in [0.15, 0.2) is 53.4 Å². The molecule has 0 fully saturated rings. The van der Waals surface area contributed by atoms with E-state index in [9.17, 15) is 0 Å². The number of thiol groups is 1. The van der Waals surface area contributed by atoms with Crippen molar-refractivity contribution in [2.24, 2.45) is 0 Å². The molecule has 2 nitrogen and oxygen atoms in total. The van der Waals surface area contributed by atoms with E-state index in [2.05, 4.69) is 65.4 Å². The Bertz CT molecular complexity index is 761. The van der Waals surface area contributed by atoms with Crippen LogP contribution in [-0.2, 0) is 6.42 Å². The van der Waals surface area contributed by atoms with Gasteiger partial charge in [0.15, 0.2) is 0 Å². The highest BCUT2D eigenvalue weighted by Crippen LogP contribution is 2.34. The second-order valence-corrected chi connectivity index (χ2v) is 5.81. The van der Waals surface area contributed by atoms with Crippen LogP contribution in [0.3, 0.4) is 0 Å². The molecule has 1 unspecified atom stereocenters. The van der Waals surface area contributed by atoms with Gasteiger partial charge in [-0.3, -0.25) is 0 Å². The van der Waals surface area contributed by atoms with Gasteiger partial charge in [-0.15, -0.1) is 12.6 Å². The monoisotopic (exact) mass is 280 g/mol. The van der Waals surface area contributed by atoms with E-state index in [1.54, 1.807) is 0 Å². The highest BCUT2D eigenvalue weighted by molar-refractivity contribution is 7.80. The molecular formula is C17H16N2S. The van der Waals surface area contributed by atoms with Crippen molar-refractivity contribution in [3.8, 4) is 0 Å². The number of aromatic amines is 1. The molecule has 0 bridgehead atoms. The third-order valence-corrected chi connectivity index (χ3v) is 4.35. The first kappa shape index (κ1) is 12.1. The van der Waals surface area contributed by atoms with E-state index in [-0.39, 0.29) is 6.04 Å². The lowest BCUT2D eigenvalue weighted by molar-refractivity contribution is 0.560. The van der Waals surface area contributed by atoms with Crippen LogP contribution >= 0.6 is 12.6 Å². The van der Waals surface area contributed by atoms with E-state index in [0.717, 1.165) is 17.9 Å². The normalized spacial score (nSPS) is 18.1. The van der Waals surface area contributed by atoms with Crippen LogP contribution in [0.2, 0.25) is 0 Å². The molecule has 2 heterocycles. The van der Waals surface area contributed by atoms with E-state index >= 15 is 0 Å². The first-order valence-corrected chi connectivity index (χ1v) is 7.39. The standard InChI is InChI=1S/C17H16N2S/c20-12-6-7-15-14(10-12)13-8-9-18-16(17(13)19-15)11-4-2-1-3-5-11/h1-7,10,16,18-20H,8-9H2. The largest absolute Gasteiger partial charge is 0.357 e. The van der Waals surface area contributed by atoms with Gasteiger partial charge in [0.1, 0.15) is 0 Å². The minimum absolute atomic E-state index is 0.260. The Morgan fingerprint density at radius 3 is 2.75 bits per heavy atom. The maximum absolute atomic E-state index is 4.47. The molecule has 1 aliphatic rings. The zero-order valence-corrected chi connectivity index (χ0v) is 12.0. The van der Waals surface area contributed by atoms with E-state index in [4.69, 9.17) is 0 Å². The van der Waals surface area contributed by atoms with E-state index in [0.29, 0.717) is 0 Å². The van der Waals surface area contributed by atoms with Gasteiger partial charge in [-0.2, -0.15) is 0 Å². The summed E-state index contributed by atoms with van der Waals surface area (Å²) in [5.74, 6) is 0. The minimum atomic E-state index is 0.260. The van der Waals surface area contributed by atoms with E-state index in [1.165, 1.54) is 27.7 Å². The summed E-state index contributed by atoms with van der Waals surface area (Å²) in [5.41, 5.74) is 5.25. The van der Waals surface area contributed by atoms with Gasteiger partial charge in [0.25, 0.3) is 0 Å². The van der Waals surface area contributed by atoms with Gasteiger partial charge in [0.05, 0.1) is 6.04 Å². The molecule has 4 rings (SSSR count). The summed E-state index contributed by atoms with van der Waals surface area (Å²) in [6.07, 6.45) is 1.07. The van der Waals surface area contributed by atoms with Gasteiger partial charge in [0, 0.05) is 28.0 Å². The quantitative estimate of drug-likeness (QED) is 0.583. The number of rotatable bonds is 1. The SMILES string of the molecule is Sc1ccc2[nH]c3c(c2c1)CCNC3c1ccccc1. The molecule has 1 atom stereocenters. The number of aromatic nitrogens is 1. The van der Waals surface area contributed by atoms with Crippen molar-refractivity contribution in [1.29, 1.82) is 0 Å². The fourth-order valence-electron chi connectivity index (χ4n) is 3.15. The lowest BCUT2D eigenvalue weighted by atomic mass is 9.94. The maximum atomic E-state index is 4.47. The molecule has 0 spiro atoms. The Balaban J connectivity index is 1.91. The average Bonchev–Trinajstić information content (AvgIpc) is 2.86. The third-order valence-electron chi connectivity index (χ3n) is 4.07. The van der Waals surface area contributed by atoms with Crippen molar-refractivity contribution >= 4 is 23.5 Å². The molecule has 1 aromatic heterocycles. The molecule has 0 amide bonds. The van der Waals surface area contributed by atoms with Crippen LogP contribution in [0.25, 0.3) is 10.9 Å². The lowest BCUT2D eigenvalue weighted by Gasteiger charge is -2.24. The van der Waals surface area contributed by atoms with Crippen molar-refractivity contribution in [2.45, 2.75) is 17.4 Å². The Kier molecular flexibility index (Phi) is 2.83. The molecule has 3 aromatic rings. The Hall–Kier alpha value is -1.71. The summed E-state index contributed by atoms with van der Waals surface area (Å²) >= 11 is 4.47. The number of hydrogen-bond donors (Lipinski definition) is 3. The third kappa shape index (κ3) is 1.86. The fraction of sp³-hybridized carbons (Fsp3) is 0.176. The highest BCUT2D eigenvalue weighted by Gasteiger charge is 2.24. The summed E-state index contributed by atoms with van der Waals surface area (Å²) in [5, 5.41) is 4.93. The number of hydrogen-bond acceptors (Lipinski definition) is 2. The molecule has 3 heteroatoms. The van der Waals surface area contributed by atoms with Gasteiger partial charge in [0.2, 0.25) is 0 Å². The summed E-state index contributed by atoms with van der Waals surface area (Å²) in [6, 6.07) is 17.2. The molecule has 1 aliphatic heterocycles. The van der Waals surface area contributed by atoms with Crippen molar-refractivity contribution < 1.29 is 0 Å². The molecule has 0 radical (unpaired) electrons. The number of benzene rings is 2. The molecule has 100 valence electrons. The number of fused-ring (bicyclic) bond motifs is 3. The molecule has 20 heavy (non-hydrogen) atoms. The second-order valence-electron chi connectivity index (χ2n) is 5.29. The molecule has 0 saturated heterocycles. The van der Waals surface area contributed by atoms with Crippen LogP contribution < -0.4 is 5.32 Å². The summed E-state index contributed by atoms with van der Waals surface area (Å²) in [4.78, 5) is 4.62. The molecule has 2 N–H and O–H groups in total.